The van der Waals surface area contributed by atoms with E-state index in [2.05, 4.69) is 16.0 Å². The second-order valence-corrected chi connectivity index (χ2v) is 23.8. The number of hydrogen-bond donors (Lipinski definition) is 5. The lowest BCUT2D eigenvalue weighted by Crippen LogP contribution is -2.53. The summed E-state index contributed by atoms with van der Waals surface area (Å²) in [5.74, 6) is -2.58. The lowest BCUT2D eigenvalue weighted by Gasteiger charge is -2.41. The van der Waals surface area contributed by atoms with Crippen molar-refractivity contribution in [1.82, 2.24) is 10.6 Å². The number of Topliss-reactive ketones (excluding diaryl/α,β-unsaturated/α-hetero) is 3. The summed E-state index contributed by atoms with van der Waals surface area (Å²) in [6, 6.07) is 6.82. The molecule has 19 nitrogen and oxygen atoms in total. The zero-order valence-electron chi connectivity index (χ0n) is 50.5. The van der Waals surface area contributed by atoms with Crippen molar-refractivity contribution in [3.8, 4) is 5.75 Å². The van der Waals surface area contributed by atoms with E-state index in [-0.39, 0.29) is 73.5 Å². The van der Waals surface area contributed by atoms with Crippen molar-refractivity contribution in [1.29, 1.82) is 0 Å². The summed E-state index contributed by atoms with van der Waals surface area (Å²) in [7, 11) is 4.50. The number of rotatable bonds is 26. The Hall–Kier alpha value is -6.15. The minimum atomic E-state index is -1.64. The van der Waals surface area contributed by atoms with E-state index >= 15 is 0 Å². The molecule has 0 unspecified atom stereocenters. The number of aliphatic hydroxyl groups is 1. The zero-order chi connectivity index (χ0) is 61.3. The van der Waals surface area contributed by atoms with E-state index in [1.54, 1.807) is 70.3 Å². The number of carbonyl (C=O) groups excluding carboxylic acids is 8. The predicted octanol–water partition coefficient (Wildman–Crippen LogP) is 9.55. The highest BCUT2D eigenvalue weighted by atomic mass is 35.5. The molecule has 6 N–H and O–H groups in total. The Balaban J connectivity index is 1.31. The largest absolute Gasteiger partial charge is 0.495 e. The number of unbranched alkanes of at least 4 members (excludes halogenated alkanes) is 3. The third-order valence-corrected chi connectivity index (χ3v) is 17.1. The molecule has 4 bridgehead atoms. The molecule has 2 aromatic carbocycles. The van der Waals surface area contributed by atoms with Gasteiger partial charge in [0.15, 0.2) is 5.78 Å². The van der Waals surface area contributed by atoms with Gasteiger partial charge in [-0.15, -0.1) is 0 Å². The zero-order valence-corrected chi connectivity index (χ0v) is 51.2. The van der Waals surface area contributed by atoms with Gasteiger partial charge in [0.05, 0.1) is 37.8 Å². The van der Waals surface area contributed by atoms with Crippen LogP contribution < -0.4 is 31.3 Å². The lowest BCUT2D eigenvalue weighted by atomic mass is 9.78. The number of carbonyl (C=O) groups is 8. The molecular weight excluding hydrogens is 1090 g/mol. The maximum atomic E-state index is 14.5. The van der Waals surface area contributed by atoms with Crippen LogP contribution in [0.5, 0.6) is 5.75 Å². The summed E-state index contributed by atoms with van der Waals surface area (Å²) in [6.07, 6.45) is 6.59. The number of amides is 5. The van der Waals surface area contributed by atoms with Crippen LogP contribution in [-0.2, 0) is 60.6 Å². The fourth-order valence-corrected chi connectivity index (χ4v) is 11.7. The topological polar surface area (TPSA) is 272 Å². The monoisotopic (exact) mass is 1180 g/mol. The number of benzene rings is 2. The molecule has 0 radical (unpaired) electrons. The number of urea groups is 1. The van der Waals surface area contributed by atoms with Crippen LogP contribution in [0.2, 0.25) is 5.02 Å². The van der Waals surface area contributed by atoms with Gasteiger partial charge in [0, 0.05) is 76.2 Å². The quantitative estimate of drug-likeness (QED) is 0.0333. The van der Waals surface area contributed by atoms with Crippen LogP contribution in [0.1, 0.15) is 155 Å². The second-order valence-electron chi connectivity index (χ2n) is 23.4. The number of methoxy groups -OCH3 is 2. The number of fused-ring (bicyclic) bond motifs is 5. The van der Waals surface area contributed by atoms with Crippen LogP contribution >= 0.6 is 11.6 Å². The number of nitrogens with zero attached hydrogens (tertiary/aromatic N) is 1. The van der Waals surface area contributed by atoms with Crippen molar-refractivity contribution in [2.75, 3.05) is 38.0 Å². The van der Waals surface area contributed by atoms with E-state index < -0.39 is 83.4 Å². The molecule has 2 fully saturated rings. The van der Waals surface area contributed by atoms with Crippen LogP contribution in [0.3, 0.4) is 0 Å². The standard InChI is InChI=1S/C63H90ClN5O14/c1-12-42(13-2)49(71)23-17-15-14-16-21-45(70)33-46(37(3)4)59(75)68-47(22-19-27-66-60(65)76)50(72)32-43-25-26-44(29-39(43)6)67-61(77)82-54-34-55(73)69(9)48-30-41(31-51(79-10)57(48)64)28-38(5)20-18-24-53(80-11)63(78)35-52(81-56(74)36-63)40(7)58-62(54,8)83-58/h18,20,24-26,29-31,37,40,42,46-47,52-54,58,78H,12-17,19,21-23,27-28,32-36H2,1-11H3,(H,67,77)(H,68,75)(H3,65,66,76)/b24-18+,38-20+/t40-,46+,47+,52+,53-,54+,58+,62+,63-/m1/s1. The summed E-state index contributed by atoms with van der Waals surface area (Å²) in [6.45, 7) is 15.1. The Morgan fingerprint density at radius 2 is 1.66 bits per heavy atom. The number of hydrogen-bond acceptors (Lipinski definition) is 14. The Bertz CT molecular complexity index is 2710. The van der Waals surface area contributed by atoms with E-state index in [4.69, 9.17) is 41.0 Å². The number of nitrogens with one attached hydrogen (secondary N) is 3. The first kappa shape index (κ1) is 67.6. The number of ketones is 3. The average molecular weight is 1180 g/mol. The Morgan fingerprint density at radius 1 is 0.964 bits per heavy atom. The Labute approximate surface area is 494 Å². The van der Waals surface area contributed by atoms with E-state index in [1.165, 1.54) is 19.1 Å². The van der Waals surface area contributed by atoms with Gasteiger partial charge in [0.1, 0.15) is 51.9 Å². The van der Waals surface area contributed by atoms with Crippen LogP contribution in [0, 0.1) is 30.6 Å². The first-order valence-corrected chi connectivity index (χ1v) is 29.7. The van der Waals surface area contributed by atoms with Crippen LogP contribution in [-0.4, -0.2) is 122 Å². The molecular formula is C63H90ClN5O14. The number of nitrogens with two attached hydrogens (primary N) is 1. The van der Waals surface area contributed by atoms with Gasteiger partial charge in [-0.3, -0.25) is 34.1 Å². The molecule has 2 aromatic rings. The van der Waals surface area contributed by atoms with Gasteiger partial charge in [0.2, 0.25) is 11.8 Å². The van der Waals surface area contributed by atoms with Gasteiger partial charge in [-0.05, 0) is 113 Å². The first-order valence-electron chi connectivity index (χ1n) is 29.3. The summed E-state index contributed by atoms with van der Waals surface area (Å²) < 4.78 is 29.7. The fraction of sp³-hybridized carbons (Fsp3) is 0.619. The molecule has 2 saturated heterocycles. The molecule has 0 aliphatic carbocycles. The molecule has 9 atom stereocenters. The van der Waals surface area contributed by atoms with Crippen molar-refractivity contribution in [2.24, 2.45) is 29.4 Å². The number of aryl methyl sites for hydroxylation is 1. The smallest absolute Gasteiger partial charge is 0.412 e. The van der Waals surface area contributed by atoms with Gasteiger partial charge in [-0.25, -0.2) is 9.59 Å². The van der Waals surface area contributed by atoms with Crippen LogP contribution in [0.15, 0.2) is 54.1 Å². The number of halogens is 1. The van der Waals surface area contributed by atoms with E-state index in [9.17, 15) is 43.5 Å². The fourth-order valence-electron chi connectivity index (χ4n) is 11.4. The minimum Gasteiger partial charge on any atom is -0.495 e. The molecule has 458 valence electrons. The van der Waals surface area contributed by atoms with Crippen molar-refractivity contribution in [2.45, 2.75) is 200 Å². The summed E-state index contributed by atoms with van der Waals surface area (Å²) >= 11 is 6.86. The van der Waals surface area contributed by atoms with Gasteiger partial charge >= 0.3 is 18.1 Å². The van der Waals surface area contributed by atoms with Crippen molar-refractivity contribution in [3.63, 3.8) is 0 Å². The van der Waals surface area contributed by atoms with Crippen molar-refractivity contribution >= 4 is 70.2 Å². The normalized spacial score (nSPS) is 24.5. The lowest BCUT2D eigenvalue weighted by molar-refractivity contribution is -0.187. The predicted molar refractivity (Wildman–Crippen MR) is 317 cm³/mol. The van der Waals surface area contributed by atoms with Gasteiger partial charge < -0.3 is 50.1 Å². The van der Waals surface area contributed by atoms with E-state index in [0.29, 0.717) is 66.1 Å². The molecule has 0 saturated carbocycles. The summed E-state index contributed by atoms with van der Waals surface area (Å²) in [4.78, 5) is 108. The number of allylic oxidation sites excluding steroid dienone is 3. The highest BCUT2D eigenvalue weighted by Gasteiger charge is 2.64. The maximum absolute atomic E-state index is 14.5. The van der Waals surface area contributed by atoms with Crippen molar-refractivity contribution < 1.29 is 67.1 Å². The highest BCUT2D eigenvalue weighted by Crippen LogP contribution is 2.50. The van der Waals surface area contributed by atoms with Gasteiger partial charge in [-0.1, -0.05) is 88.9 Å². The first-order chi connectivity index (χ1) is 39.3. The molecule has 83 heavy (non-hydrogen) atoms. The molecule has 3 aliphatic heterocycles. The van der Waals surface area contributed by atoms with E-state index in [1.807, 2.05) is 40.7 Å². The number of primary amides is 1. The molecule has 0 aromatic heterocycles. The Kier molecular flexibility index (Phi) is 25.4. The number of anilines is 2. The summed E-state index contributed by atoms with van der Waals surface area (Å²) in [5.41, 5.74) is 5.97. The molecule has 3 heterocycles. The molecule has 3 aliphatic rings. The Morgan fingerprint density at radius 3 is 2.30 bits per heavy atom. The van der Waals surface area contributed by atoms with Gasteiger partial charge in [-0.2, -0.15) is 0 Å². The third kappa shape index (κ3) is 18.9. The van der Waals surface area contributed by atoms with Crippen molar-refractivity contribution in [3.05, 3.63) is 75.8 Å². The number of esters is 1. The SMILES string of the molecule is CCC(CC)C(=O)CCCCCCC(=O)C[C@H](C(=O)N[C@@H](CCCNC(N)=O)C(=O)Cc1ccc(NC(=O)O[C@H]2CC(=O)N(C)c3cc(cc(OC)c3Cl)C/C(C)=C/C=C/[C@@H](OC)[C@]3(O)CC(=O)O[C@@H](C3)[C@@H](C)[C@@H]3O[C@@]23C)cc1C)C(C)C. The summed E-state index contributed by atoms with van der Waals surface area (Å²) in [5, 5.41) is 20.4. The second kappa shape index (κ2) is 31.1. The molecule has 5 amide bonds. The number of ether oxygens (including phenoxy) is 5. The maximum Gasteiger partial charge on any atom is 0.412 e. The van der Waals surface area contributed by atoms with Crippen LogP contribution in [0.4, 0.5) is 21.0 Å². The third-order valence-electron chi connectivity index (χ3n) is 16.7. The van der Waals surface area contributed by atoms with Gasteiger partial charge in [0.25, 0.3) is 0 Å². The average Bonchev–Trinajstić information content (AvgIpc) is 2.37. The minimum absolute atomic E-state index is 0.0109. The van der Waals surface area contributed by atoms with Crippen LogP contribution in [0.25, 0.3) is 0 Å². The van der Waals surface area contributed by atoms with E-state index in [0.717, 1.165) is 43.2 Å². The highest BCUT2D eigenvalue weighted by molar-refractivity contribution is 6.35. The molecule has 0 spiro atoms. The molecule has 5 rings (SSSR count). The molecule has 20 heteroatoms. The number of epoxide rings is 1.